The predicted octanol–water partition coefficient (Wildman–Crippen LogP) is 11.1. The second kappa shape index (κ2) is 24.3. The van der Waals surface area contributed by atoms with Crippen molar-refractivity contribution < 1.29 is 63.1 Å². The quantitative estimate of drug-likeness (QED) is 0.0680. The average molecular weight is 1260 g/mol. The Morgan fingerprint density at radius 3 is 1.44 bits per heavy atom. The normalized spacial score (nSPS) is 16.1. The summed E-state index contributed by atoms with van der Waals surface area (Å²) in [4.78, 5) is 41.9. The van der Waals surface area contributed by atoms with E-state index in [9.17, 15) is 44.7 Å². The highest BCUT2D eigenvalue weighted by Crippen LogP contribution is 2.60. The molecule has 2 aliphatic carbocycles. The predicted molar refractivity (Wildman–Crippen MR) is 303 cm³/mol. The van der Waals surface area contributed by atoms with Gasteiger partial charge in [0.1, 0.15) is 34.1 Å². The number of benzene rings is 2. The highest BCUT2D eigenvalue weighted by molar-refractivity contribution is 9.10. The molecule has 1 saturated heterocycles. The molecule has 0 bridgehead atoms. The Kier molecular flexibility index (Phi) is 17.6. The third-order valence-electron chi connectivity index (χ3n) is 15.1. The number of rotatable bonds is 16. The average Bonchev–Trinajstić information content (AvgIpc) is 1.67. The Morgan fingerprint density at radius 1 is 0.628 bits per heavy atom. The fourth-order valence-corrected chi connectivity index (χ4v) is 9.43. The van der Waals surface area contributed by atoms with Crippen LogP contribution in [0.15, 0.2) is 112 Å². The van der Waals surface area contributed by atoms with E-state index in [4.69, 9.17) is 18.4 Å². The van der Waals surface area contributed by atoms with Crippen molar-refractivity contribution in [1.82, 2.24) is 49.8 Å². The Balaban J connectivity index is 0.000000166. The summed E-state index contributed by atoms with van der Waals surface area (Å²) < 4.78 is 134. The molecule has 6 aromatic heterocycles. The number of amides is 2. The van der Waals surface area contributed by atoms with Crippen LogP contribution < -0.4 is 16.1 Å². The maximum atomic E-state index is 14.8. The van der Waals surface area contributed by atoms with Gasteiger partial charge in [-0.15, -0.1) is 0 Å². The maximum absolute atomic E-state index is 14.8. The molecule has 2 aromatic carbocycles. The van der Waals surface area contributed by atoms with E-state index in [1.54, 1.807) is 58.4 Å². The molecule has 8 aromatic rings. The summed E-state index contributed by atoms with van der Waals surface area (Å²) in [6.45, 7) is 15.0. The van der Waals surface area contributed by atoms with Crippen LogP contribution in [0.4, 0.5) is 46.8 Å². The number of nitrogens with zero attached hydrogens (tertiary/aromatic N) is 10. The summed E-state index contributed by atoms with van der Waals surface area (Å²) in [6, 6.07) is 10.8. The molecular formula is C58H56BBrF8N12O6. The minimum Gasteiger partial charge on any atom is -0.399 e. The smallest absolute Gasteiger partial charge is 0.399 e. The van der Waals surface area contributed by atoms with Crippen LogP contribution in [-0.2, 0) is 69.5 Å². The standard InChI is InChI=1S/C26H22F4N6O2.C21H23BF4N2O4.C11H11BrN4/c1-3-20-17(14-36(2)34-20)9-22-31-12-18(13-32-22)15-4-5-16(19(27)8-15)10-24(37)33-23-11-21(38-35-23)25(6-7-25)26(28,29)30;1-18(2)19(3,4)32-22(31-18)13-6-5-12(14(23)10-13)9-17(29)27-16-11-15(30-28-16)20(7-8-20)21(24,25)26;1-3-10-8(7-16(2)15-10)4-11-13-5-9(12)6-14-11/h3-5,8,11-14H,1,6-7,9-10H2,2H3,(H,33,35,37);5-6,10-11H,7-9H2,1-4H3,(H,27,28,29);3,5-7H,1,4H2,2H3. The van der Waals surface area contributed by atoms with E-state index >= 15 is 0 Å². The lowest BCUT2D eigenvalue weighted by molar-refractivity contribution is -0.166. The van der Waals surface area contributed by atoms with Crippen molar-refractivity contribution in [2.75, 3.05) is 10.6 Å². The Morgan fingerprint density at radius 2 is 1.05 bits per heavy atom. The van der Waals surface area contributed by atoms with Gasteiger partial charge in [0.25, 0.3) is 0 Å². The van der Waals surface area contributed by atoms with Gasteiger partial charge in [-0.05, 0) is 116 Å². The summed E-state index contributed by atoms with van der Waals surface area (Å²) in [5.74, 6) is -2.15. The summed E-state index contributed by atoms with van der Waals surface area (Å²) >= 11 is 3.31. The Labute approximate surface area is 496 Å². The molecule has 28 heteroatoms. The number of carbonyl (C=O) groups is 2. The molecule has 0 radical (unpaired) electrons. The first-order chi connectivity index (χ1) is 40.5. The molecule has 18 nitrogen and oxygen atoms in total. The van der Waals surface area contributed by atoms with Crippen LogP contribution in [-0.4, -0.2) is 92.3 Å². The first-order valence-electron chi connectivity index (χ1n) is 26.7. The first-order valence-corrected chi connectivity index (χ1v) is 27.5. The molecular weight excluding hydrogens is 1200 g/mol. The number of hydrogen-bond donors (Lipinski definition) is 2. The maximum Gasteiger partial charge on any atom is 0.494 e. The monoisotopic (exact) mass is 1260 g/mol. The van der Waals surface area contributed by atoms with Gasteiger partial charge in [-0.25, -0.2) is 28.7 Å². The zero-order chi connectivity index (χ0) is 62.1. The number of nitrogens with one attached hydrogen (secondary N) is 2. The first kappa shape index (κ1) is 62.3. The molecule has 1 aliphatic heterocycles. The van der Waals surface area contributed by atoms with Gasteiger partial charge in [-0.3, -0.25) is 19.0 Å². The molecule has 11 rings (SSSR count). The molecule has 3 fully saturated rings. The number of halogens is 9. The van der Waals surface area contributed by atoms with Crippen molar-refractivity contribution in [1.29, 1.82) is 0 Å². The SMILES string of the molecule is C=Cc1nn(C)cc1Cc1ncc(-c2ccc(CC(=O)Nc3cc(C4(C(F)(F)F)CC4)on3)c(F)c2)cn1.C=Cc1nn(C)cc1Cc1ncc(Br)cn1.CC1(C)OB(c2ccc(CC(=O)Nc3cc(C4(C(F)(F)F)CC4)on3)c(F)c2)OC1(C)C. The molecule has 2 saturated carbocycles. The van der Waals surface area contributed by atoms with E-state index in [0.29, 0.717) is 35.3 Å². The van der Waals surface area contributed by atoms with Crippen LogP contribution in [0.5, 0.6) is 0 Å². The van der Waals surface area contributed by atoms with Crippen LogP contribution in [0.3, 0.4) is 0 Å². The third-order valence-corrected chi connectivity index (χ3v) is 15.5. The molecule has 0 unspecified atom stereocenters. The summed E-state index contributed by atoms with van der Waals surface area (Å²) in [5, 5.41) is 20.3. The molecule has 2 amide bonds. The van der Waals surface area contributed by atoms with Gasteiger partial charge in [0.05, 0.1) is 39.9 Å². The van der Waals surface area contributed by atoms with Gasteiger partial charge < -0.3 is 29.0 Å². The molecule has 86 heavy (non-hydrogen) atoms. The zero-order valence-electron chi connectivity index (χ0n) is 47.2. The van der Waals surface area contributed by atoms with Crippen LogP contribution >= 0.6 is 15.9 Å². The van der Waals surface area contributed by atoms with Crippen molar-refractivity contribution in [3.63, 3.8) is 0 Å². The third kappa shape index (κ3) is 13.9. The fourth-order valence-electron chi connectivity index (χ4n) is 9.22. The van der Waals surface area contributed by atoms with Gasteiger partial charge in [0.2, 0.25) is 11.8 Å². The Hall–Kier alpha value is -8.24. The lowest BCUT2D eigenvalue weighted by Gasteiger charge is -2.32. The largest absolute Gasteiger partial charge is 0.494 e. The van der Waals surface area contributed by atoms with Crippen molar-refractivity contribution in [2.24, 2.45) is 14.1 Å². The van der Waals surface area contributed by atoms with Gasteiger partial charge in [0.15, 0.2) is 23.2 Å². The molecule has 450 valence electrons. The summed E-state index contributed by atoms with van der Waals surface area (Å²) in [6.07, 6.45) is 5.09. The molecule has 0 atom stereocenters. The van der Waals surface area contributed by atoms with Crippen LogP contribution in [0, 0.1) is 11.6 Å². The van der Waals surface area contributed by atoms with Crippen molar-refractivity contribution in [3.8, 4) is 11.1 Å². The highest BCUT2D eigenvalue weighted by Gasteiger charge is 2.68. The zero-order valence-corrected chi connectivity index (χ0v) is 48.8. The number of carbonyl (C=O) groups excluding carboxylic acids is 2. The second-order valence-electron chi connectivity index (χ2n) is 21.9. The molecule has 3 aliphatic rings. The lowest BCUT2D eigenvalue weighted by atomic mass is 9.78. The van der Waals surface area contributed by atoms with Crippen LogP contribution in [0.25, 0.3) is 23.3 Å². The van der Waals surface area contributed by atoms with E-state index < -0.39 is 65.0 Å². The minimum atomic E-state index is -4.46. The van der Waals surface area contributed by atoms with Gasteiger partial charge >= 0.3 is 19.5 Å². The Bertz CT molecular complexity index is 3780. The van der Waals surface area contributed by atoms with E-state index in [1.807, 2.05) is 54.2 Å². The van der Waals surface area contributed by atoms with E-state index in [-0.39, 0.29) is 72.8 Å². The topological polar surface area (TPSA) is 216 Å². The number of aromatic nitrogens is 10. The number of anilines is 2. The molecule has 2 N–H and O–H groups in total. The second-order valence-corrected chi connectivity index (χ2v) is 22.8. The van der Waals surface area contributed by atoms with Crippen LogP contribution in [0.1, 0.15) is 110 Å². The minimum absolute atomic E-state index is 0.0839. The van der Waals surface area contributed by atoms with Crippen molar-refractivity contribution >= 4 is 64.1 Å². The summed E-state index contributed by atoms with van der Waals surface area (Å²) in [5.41, 5.74) is 0.234. The van der Waals surface area contributed by atoms with Gasteiger partial charge in [-0.1, -0.05) is 47.7 Å². The van der Waals surface area contributed by atoms with Crippen molar-refractivity contribution in [2.45, 2.75) is 113 Å². The highest BCUT2D eigenvalue weighted by atomic mass is 79.9. The number of alkyl halides is 6. The van der Waals surface area contributed by atoms with Crippen molar-refractivity contribution in [3.05, 3.63) is 172 Å². The van der Waals surface area contributed by atoms with E-state index in [0.717, 1.165) is 44.9 Å². The summed E-state index contributed by atoms with van der Waals surface area (Å²) in [7, 11) is 2.96. The number of hydrogen-bond acceptors (Lipinski definition) is 14. The molecule has 7 heterocycles. The van der Waals surface area contributed by atoms with Gasteiger partial charge in [-0.2, -0.15) is 36.5 Å². The van der Waals surface area contributed by atoms with E-state index in [1.165, 1.54) is 24.3 Å². The van der Waals surface area contributed by atoms with E-state index in [2.05, 4.69) is 80.2 Å². The van der Waals surface area contributed by atoms with Crippen LogP contribution in [0.2, 0.25) is 0 Å². The number of aryl methyl sites for hydroxylation is 2. The van der Waals surface area contributed by atoms with Gasteiger partial charge in [0, 0.05) is 92.9 Å². The lowest BCUT2D eigenvalue weighted by Crippen LogP contribution is -2.41. The molecule has 0 spiro atoms. The fraction of sp³-hybridized carbons (Fsp3) is 0.345.